The minimum Gasteiger partial charge on any atom is -0.466 e. The number of fused-ring (bicyclic) bond motifs is 1. The van der Waals surface area contributed by atoms with Gasteiger partial charge in [0.05, 0.1) is 29.6 Å². The second kappa shape index (κ2) is 10.8. The van der Waals surface area contributed by atoms with E-state index in [0.717, 1.165) is 5.56 Å². The van der Waals surface area contributed by atoms with Crippen molar-refractivity contribution in [2.45, 2.75) is 32.2 Å². The number of anilines is 1. The van der Waals surface area contributed by atoms with Crippen LogP contribution in [0.25, 0.3) is 11.0 Å². The largest absolute Gasteiger partial charge is 0.466 e. The third-order valence-electron chi connectivity index (χ3n) is 5.97. The number of hydrogen-bond donors (Lipinski definition) is 1. The van der Waals surface area contributed by atoms with E-state index in [1.54, 1.807) is 6.92 Å². The molecule has 0 bridgehead atoms. The van der Waals surface area contributed by atoms with E-state index in [2.05, 4.69) is 11.4 Å². The molecule has 8 nitrogen and oxygen atoms in total. The number of carbonyl (C=O) groups is 2. The van der Waals surface area contributed by atoms with Gasteiger partial charge in [-0.1, -0.05) is 42.5 Å². The molecule has 4 rings (SSSR count). The van der Waals surface area contributed by atoms with Crippen LogP contribution in [0, 0.1) is 17.2 Å². The number of amides is 1. The first-order chi connectivity index (χ1) is 16.6. The molecule has 0 aliphatic carbocycles. The van der Waals surface area contributed by atoms with Crippen LogP contribution >= 0.6 is 0 Å². The molecule has 34 heavy (non-hydrogen) atoms. The van der Waals surface area contributed by atoms with Gasteiger partial charge in [0, 0.05) is 19.6 Å². The average Bonchev–Trinajstić information content (AvgIpc) is 2.88. The zero-order valence-corrected chi connectivity index (χ0v) is 19.1. The molecule has 0 saturated carbocycles. The van der Waals surface area contributed by atoms with Gasteiger partial charge in [-0.2, -0.15) is 5.26 Å². The molecule has 8 heteroatoms. The van der Waals surface area contributed by atoms with Gasteiger partial charge in [0.2, 0.25) is 5.91 Å². The Labute approximate surface area is 198 Å². The van der Waals surface area contributed by atoms with Crippen molar-refractivity contribution in [1.82, 2.24) is 15.3 Å². The van der Waals surface area contributed by atoms with Gasteiger partial charge in [-0.25, -0.2) is 9.97 Å². The second-order valence-electron chi connectivity index (χ2n) is 8.20. The summed E-state index contributed by atoms with van der Waals surface area (Å²) in [4.78, 5) is 36.7. The van der Waals surface area contributed by atoms with E-state index in [0.29, 0.717) is 61.6 Å². The minimum absolute atomic E-state index is 0.158. The van der Waals surface area contributed by atoms with E-state index in [-0.39, 0.29) is 11.9 Å². The Balaban J connectivity index is 1.60. The molecule has 1 amide bonds. The molecule has 1 aliphatic heterocycles. The lowest BCUT2D eigenvalue weighted by molar-refractivity contribution is -0.148. The fourth-order valence-corrected chi connectivity index (χ4v) is 4.15. The fraction of sp³-hybridized carbons (Fsp3) is 0.346. The lowest BCUT2D eigenvalue weighted by Gasteiger charge is -2.33. The Morgan fingerprint density at radius 2 is 1.74 bits per heavy atom. The van der Waals surface area contributed by atoms with Crippen LogP contribution in [0.2, 0.25) is 0 Å². The van der Waals surface area contributed by atoms with Crippen LogP contribution in [-0.4, -0.2) is 41.5 Å². The smallest absolute Gasteiger partial charge is 0.309 e. The van der Waals surface area contributed by atoms with Gasteiger partial charge in [-0.3, -0.25) is 9.59 Å². The van der Waals surface area contributed by atoms with Crippen molar-refractivity contribution in [3.63, 3.8) is 0 Å². The lowest BCUT2D eigenvalue weighted by Crippen LogP contribution is -2.39. The molecule has 2 aromatic carbocycles. The summed E-state index contributed by atoms with van der Waals surface area (Å²) in [5.74, 6) is -1.35. The monoisotopic (exact) mass is 457 g/mol. The number of nitriles is 1. The molecule has 0 spiro atoms. The number of esters is 1. The van der Waals surface area contributed by atoms with Gasteiger partial charge in [0.1, 0.15) is 5.69 Å². The van der Waals surface area contributed by atoms with E-state index >= 15 is 0 Å². The molecule has 1 N–H and O–H groups in total. The molecule has 2 heterocycles. The molecule has 3 aromatic rings. The summed E-state index contributed by atoms with van der Waals surface area (Å²) in [6, 6.07) is 19.1. The van der Waals surface area contributed by atoms with E-state index in [4.69, 9.17) is 14.7 Å². The topological polar surface area (TPSA) is 108 Å². The summed E-state index contributed by atoms with van der Waals surface area (Å²) in [7, 11) is 0. The van der Waals surface area contributed by atoms with Gasteiger partial charge in [0.15, 0.2) is 11.7 Å². The zero-order chi connectivity index (χ0) is 23.9. The lowest BCUT2D eigenvalue weighted by atomic mass is 9.96. The number of carbonyl (C=O) groups excluding carboxylic acids is 2. The zero-order valence-electron chi connectivity index (χ0n) is 19.1. The van der Waals surface area contributed by atoms with Crippen LogP contribution < -0.4 is 10.2 Å². The van der Waals surface area contributed by atoms with Crippen molar-refractivity contribution >= 4 is 28.7 Å². The van der Waals surface area contributed by atoms with E-state index in [9.17, 15) is 14.9 Å². The third kappa shape index (κ3) is 5.15. The molecule has 1 saturated heterocycles. The number of aromatic nitrogens is 2. The quantitative estimate of drug-likeness (QED) is 0.542. The first-order valence-corrected chi connectivity index (χ1v) is 11.5. The van der Waals surface area contributed by atoms with Crippen LogP contribution in [0.1, 0.15) is 36.9 Å². The number of nitrogens with zero attached hydrogens (tertiary/aromatic N) is 4. The molecule has 1 aliphatic rings. The van der Waals surface area contributed by atoms with Gasteiger partial charge in [-0.05, 0) is 37.5 Å². The molecular weight excluding hydrogens is 430 g/mol. The van der Waals surface area contributed by atoms with Crippen LogP contribution in [0.4, 0.5) is 5.82 Å². The fourth-order valence-electron chi connectivity index (χ4n) is 4.15. The average molecular weight is 458 g/mol. The maximum absolute atomic E-state index is 13.1. The SMILES string of the molecule is CCOC(=O)C1CCN(c2nc3ccccc3nc2[C@H](C#N)C(=O)NCc2ccccc2)CC1. The Kier molecular flexibility index (Phi) is 7.33. The molecule has 1 fully saturated rings. The Morgan fingerprint density at radius 1 is 1.09 bits per heavy atom. The Bertz CT molecular complexity index is 1200. The van der Waals surface area contributed by atoms with Crippen LogP contribution in [-0.2, 0) is 20.9 Å². The van der Waals surface area contributed by atoms with Crippen LogP contribution in [0.3, 0.4) is 0 Å². The van der Waals surface area contributed by atoms with Gasteiger partial charge >= 0.3 is 5.97 Å². The summed E-state index contributed by atoms with van der Waals surface area (Å²) in [5, 5.41) is 12.8. The first kappa shape index (κ1) is 23.2. The highest BCUT2D eigenvalue weighted by Gasteiger charge is 2.32. The van der Waals surface area contributed by atoms with Crippen molar-refractivity contribution in [3.05, 3.63) is 65.9 Å². The van der Waals surface area contributed by atoms with Crippen molar-refractivity contribution in [3.8, 4) is 6.07 Å². The Hall–Kier alpha value is -3.99. The van der Waals surface area contributed by atoms with Crippen LogP contribution in [0.5, 0.6) is 0 Å². The number of benzene rings is 2. The maximum atomic E-state index is 13.1. The summed E-state index contributed by atoms with van der Waals surface area (Å²) in [6.45, 7) is 3.61. The molecular formula is C26H27N5O3. The van der Waals surface area contributed by atoms with Crippen molar-refractivity contribution in [2.75, 3.05) is 24.6 Å². The molecule has 0 radical (unpaired) electrons. The minimum atomic E-state index is -1.11. The predicted molar refractivity (Wildman–Crippen MR) is 128 cm³/mol. The van der Waals surface area contributed by atoms with E-state index in [1.165, 1.54) is 0 Å². The number of nitrogens with one attached hydrogen (secondary N) is 1. The summed E-state index contributed by atoms with van der Waals surface area (Å²) >= 11 is 0. The highest BCUT2D eigenvalue weighted by molar-refractivity contribution is 5.89. The van der Waals surface area contributed by atoms with Crippen molar-refractivity contribution in [2.24, 2.45) is 5.92 Å². The molecule has 0 unspecified atom stereocenters. The number of hydrogen-bond acceptors (Lipinski definition) is 7. The number of para-hydroxylation sites is 2. The molecule has 1 atom stereocenters. The van der Waals surface area contributed by atoms with Gasteiger partial charge < -0.3 is 15.0 Å². The standard InChI is InChI=1S/C26H27N5O3/c1-2-34-26(33)19-12-14-31(15-13-19)24-23(29-21-10-6-7-11-22(21)30-24)20(16-27)25(32)28-17-18-8-4-3-5-9-18/h3-11,19-20H,2,12-15,17H2,1H3,(H,28,32)/t20-/m0/s1. The second-order valence-corrected chi connectivity index (χ2v) is 8.20. The number of piperidine rings is 1. The Morgan fingerprint density at radius 3 is 2.38 bits per heavy atom. The van der Waals surface area contributed by atoms with Crippen molar-refractivity contribution < 1.29 is 14.3 Å². The number of ether oxygens (including phenoxy) is 1. The van der Waals surface area contributed by atoms with Crippen LogP contribution in [0.15, 0.2) is 54.6 Å². The van der Waals surface area contributed by atoms with Crippen molar-refractivity contribution in [1.29, 1.82) is 5.26 Å². The number of rotatable bonds is 7. The normalized spacial score (nSPS) is 14.9. The summed E-state index contributed by atoms with van der Waals surface area (Å²) in [5.41, 5.74) is 2.59. The molecule has 174 valence electrons. The van der Waals surface area contributed by atoms with E-state index < -0.39 is 11.8 Å². The predicted octanol–water partition coefficient (Wildman–Crippen LogP) is 3.33. The third-order valence-corrected chi connectivity index (χ3v) is 5.97. The summed E-state index contributed by atoms with van der Waals surface area (Å²) in [6.07, 6.45) is 1.23. The van der Waals surface area contributed by atoms with Gasteiger partial charge in [0.25, 0.3) is 0 Å². The summed E-state index contributed by atoms with van der Waals surface area (Å²) < 4.78 is 5.17. The highest BCUT2D eigenvalue weighted by Crippen LogP contribution is 2.30. The van der Waals surface area contributed by atoms with Gasteiger partial charge in [-0.15, -0.1) is 0 Å². The first-order valence-electron chi connectivity index (χ1n) is 11.5. The maximum Gasteiger partial charge on any atom is 0.309 e. The van der Waals surface area contributed by atoms with E-state index in [1.807, 2.05) is 59.5 Å². The molecule has 1 aromatic heterocycles. The highest BCUT2D eigenvalue weighted by atomic mass is 16.5.